The van der Waals surface area contributed by atoms with Crippen molar-refractivity contribution in [3.63, 3.8) is 0 Å². The average Bonchev–Trinajstić information content (AvgIpc) is 3.11. The second-order valence-corrected chi connectivity index (χ2v) is 6.35. The van der Waals surface area contributed by atoms with Crippen molar-refractivity contribution >= 4 is 27.5 Å². The van der Waals surface area contributed by atoms with Gasteiger partial charge < -0.3 is 14.8 Å². The normalized spacial score (nSPS) is 23.1. The summed E-state index contributed by atoms with van der Waals surface area (Å²) in [5.41, 5.74) is 0.426. The molecule has 1 aliphatic heterocycles. The topological polar surface area (TPSA) is 84.2 Å². The molecule has 126 valence electrons. The minimum Gasteiger partial charge on any atom is -0.495 e. The third-order valence-corrected chi connectivity index (χ3v) is 5.01. The van der Waals surface area contributed by atoms with Gasteiger partial charge in [0, 0.05) is 5.92 Å². The van der Waals surface area contributed by atoms with E-state index in [1.807, 2.05) is 6.92 Å². The maximum absolute atomic E-state index is 13.8. The zero-order valence-corrected chi connectivity index (χ0v) is 14.0. The van der Waals surface area contributed by atoms with Crippen molar-refractivity contribution in [3.8, 4) is 17.7 Å². The molecule has 3 unspecified atom stereocenters. The fourth-order valence-electron chi connectivity index (χ4n) is 2.90. The Hall–Kier alpha value is -2.40. The quantitative estimate of drug-likeness (QED) is 0.896. The van der Waals surface area contributed by atoms with Gasteiger partial charge in [0.05, 0.1) is 28.8 Å². The van der Waals surface area contributed by atoms with Gasteiger partial charge in [-0.25, -0.2) is 4.39 Å². The van der Waals surface area contributed by atoms with Gasteiger partial charge in [-0.1, -0.05) is 6.92 Å². The Morgan fingerprint density at radius 3 is 2.96 bits per heavy atom. The molecule has 6 nitrogen and oxygen atoms in total. The van der Waals surface area contributed by atoms with Crippen molar-refractivity contribution in [2.45, 2.75) is 25.6 Å². The number of rotatable bonds is 5. The summed E-state index contributed by atoms with van der Waals surface area (Å²) < 4.78 is 29.8. The van der Waals surface area contributed by atoms with Gasteiger partial charge in [-0.3, -0.25) is 4.79 Å². The Morgan fingerprint density at radius 2 is 2.29 bits per heavy atom. The summed E-state index contributed by atoms with van der Waals surface area (Å²) in [6.45, 7) is 1.99. The van der Waals surface area contributed by atoms with Crippen molar-refractivity contribution in [2.75, 3.05) is 13.7 Å². The lowest BCUT2D eigenvalue weighted by atomic mass is 9.97. The number of fused-ring (bicyclic) bond motifs is 1. The van der Waals surface area contributed by atoms with E-state index in [2.05, 4.69) is 15.8 Å². The molecule has 3 rings (SSSR count). The van der Waals surface area contributed by atoms with Crippen molar-refractivity contribution in [3.05, 3.63) is 17.7 Å². The van der Waals surface area contributed by atoms with Crippen LogP contribution >= 0.6 is 11.5 Å². The summed E-state index contributed by atoms with van der Waals surface area (Å²) in [7, 11) is 1.49. The van der Waals surface area contributed by atoms with Gasteiger partial charge in [-0.2, -0.15) is 9.64 Å². The molecule has 0 aliphatic carbocycles. The number of hydrogen-bond donors (Lipinski definition) is 1. The molecular formula is C16H16FN3O3S. The van der Waals surface area contributed by atoms with Crippen LogP contribution in [-0.4, -0.2) is 36.2 Å². The minimum atomic E-state index is -1.49. The number of carbonyl (C=O) groups excluding carboxylic acids is 1. The number of hydrogen-bond acceptors (Lipinski definition) is 6. The van der Waals surface area contributed by atoms with E-state index in [0.29, 0.717) is 23.6 Å². The highest BCUT2D eigenvalue weighted by atomic mass is 32.1. The third kappa shape index (κ3) is 2.76. The van der Waals surface area contributed by atoms with E-state index in [-0.39, 0.29) is 12.6 Å². The van der Waals surface area contributed by atoms with Crippen LogP contribution in [0.3, 0.4) is 0 Å². The van der Waals surface area contributed by atoms with Crippen LogP contribution in [0.2, 0.25) is 0 Å². The zero-order chi connectivity index (χ0) is 17.3. The summed E-state index contributed by atoms with van der Waals surface area (Å²) in [5, 5.41) is 12.5. The predicted molar refractivity (Wildman–Crippen MR) is 87.0 cm³/mol. The second-order valence-electron chi connectivity index (χ2n) is 5.55. The Labute approximate surface area is 142 Å². The molecule has 1 aliphatic rings. The number of halogens is 1. The molecule has 1 aromatic heterocycles. The second kappa shape index (κ2) is 6.61. The summed E-state index contributed by atoms with van der Waals surface area (Å²) in [6, 6.07) is 5.09. The molecule has 3 atom stereocenters. The summed E-state index contributed by atoms with van der Waals surface area (Å²) in [4.78, 5) is 11.5. The number of nitrogens with one attached hydrogen (secondary N) is 1. The number of methoxy groups -OCH3 is 1. The first-order chi connectivity index (χ1) is 11.6. The number of nitrogens with zero attached hydrogens (tertiary/aromatic N) is 2. The molecule has 0 bridgehead atoms. The van der Waals surface area contributed by atoms with Gasteiger partial charge in [0.2, 0.25) is 5.88 Å². The van der Waals surface area contributed by atoms with E-state index in [4.69, 9.17) is 14.7 Å². The van der Waals surface area contributed by atoms with E-state index in [1.165, 1.54) is 18.6 Å². The van der Waals surface area contributed by atoms with Crippen molar-refractivity contribution in [1.82, 2.24) is 9.69 Å². The Balaban J connectivity index is 1.81. The van der Waals surface area contributed by atoms with E-state index in [1.54, 1.807) is 12.1 Å². The smallest absolute Gasteiger partial charge is 0.255 e. The zero-order valence-electron chi connectivity index (χ0n) is 13.2. The van der Waals surface area contributed by atoms with Gasteiger partial charge in [-0.05, 0) is 30.1 Å². The first kappa shape index (κ1) is 16.5. The standard InChI is InChI=1S/C16H16FN3O3S/c1-3-9-11(19-15(21)14(9)17)7-23-16-10-5-12(22-2)8(6-18)4-13(10)24-20-16/h4-5,9,11,14H,3,7H2,1-2H3,(H,19,21). The maximum Gasteiger partial charge on any atom is 0.255 e. The van der Waals surface area contributed by atoms with Crippen LogP contribution in [0.5, 0.6) is 11.6 Å². The monoisotopic (exact) mass is 349 g/mol. The fourth-order valence-corrected chi connectivity index (χ4v) is 3.64. The van der Waals surface area contributed by atoms with Crippen molar-refractivity contribution in [2.24, 2.45) is 5.92 Å². The molecular weight excluding hydrogens is 333 g/mol. The lowest BCUT2D eigenvalue weighted by Gasteiger charge is -2.17. The lowest BCUT2D eigenvalue weighted by Crippen LogP contribution is -2.34. The van der Waals surface area contributed by atoms with Gasteiger partial charge in [-0.15, -0.1) is 0 Å². The Morgan fingerprint density at radius 1 is 1.50 bits per heavy atom. The number of ether oxygens (including phenoxy) is 2. The molecule has 0 radical (unpaired) electrons. The number of amides is 1. The van der Waals surface area contributed by atoms with Crippen molar-refractivity contribution in [1.29, 1.82) is 5.26 Å². The highest BCUT2D eigenvalue weighted by Gasteiger charge is 2.41. The third-order valence-electron chi connectivity index (χ3n) is 4.22. The first-order valence-corrected chi connectivity index (χ1v) is 8.31. The molecule has 2 heterocycles. The number of benzene rings is 1. The lowest BCUT2D eigenvalue weighted by molar-refractivity contribution is -0.123. The van der Waals surface area contributed by atoms with Crippen LogP contribution in [0, 0.1) is 17.2 Å². The predicted octanol–water partition coefficient (Wildman–Crippen LogP) is 2.42. The SMILES string of the molecule is CCC1C(COc2nsc3cc(C#N)c(OC)cc23)NC(=O)C1F. The Bertz CT molecular complexity index is 817. The number of carbonyl (C=O) groups is 1. The molecule has 1 N–H and O–H groups in total. The molecule has 0 spiro atoms. The van der Waals surface area contributed by atoms with Crippen LogP contribution in [-0.2, 0) is 4.79 Å². The van der Waals surface area contributed by atoms with Crippen LogP contribution < -0.4 is 14.8 Å². The van der Waals surface area contributed by atoms with Gasteiger partial charge >= 0.3 is 0 Å². The summed E-state index contributed by atoms with van der Waals surface area (Å²) in [5.74, 6) is -0.148. The number of nitriles is 1. The van der Waals surface area contributed by atoms with Gasteiger partial charge in [0.25, 0.3) is 5.91 Å². The molecule has 1 fully saturated rings. The van der Waals surface area contributed by atoms with E-state index >= 15 is 0 Å². The molecule has 24 heavy (non-hydrogen) atoms. The summed E-state index contributed by atoms with van der Waals surface area (Å²) >= 11 is 1.21. The highest BCUT2D eigenvalue weighted by Crippen LogP contribution is 2.34. The molecule has 0 saturated carbocycles. The molecule has 8 heteroatoms. The molecule has 1 aromatic carbocycles. The largest absolute Gasteiger partial charge is 0.495 e. The molecule has 1 amide bonds. The molecule has 1 saturated heterocycles. The van der Waals surface area contributed by atoms with E-state index in [9.17, 15) is 9.18 Å². The van der Waals surface area contributed by atoms with Gasteiger partial charge in [0.1, 0.15) is 18.4 Å². The fraction of sp³-hybridized carbons (Fsp3) is 0.438. The van der Waals surface area contributed by atoms with E-state index in [0.717, 1.165) is 10.1 Å². The van der Waals surface area contributed by atoms with Crippen LogP contribution in [0.25, 0.3) is 10.1 Å². The van der Waals surface area contributed by atoms with Crippen LogP contribution in [0.4, 0.5) is 4.39 Å². The minimum absolute atomic E-state index is 0.145. The van der Waals surface area contributed by atoms with Gasteiger partial charge in [0.15, 0.2) is 6.17 Å². The summed E-state index contributed by atoms with van der Waals surface area (Å²) in [6.07, 6.45) is -0.945. The van der Waals surface area contributed by atoms with Crippen molar-refractivity contribution < 1.29 is 18.7 Å². The average molecular weight is 349 g/mol. The van der Waals surface area contributed by atoms with E-state index < -0.39 is 18.0 Å². The molecule has 2 aromatic rings. The first-order valence-electron chi connectivity index (χ1n) is 7.53. The number of aromatic nitrogens is 1. The Kier molecular flexibility index (Phi) is 4.53. The van der Waals surface area contributed by atoms with Crippen LogP contribution in [0.1, 0.15) is 18.9 Å². The maximum atomic E-state index is 13.8. The van der Waals surface area contributed by atoms with Crippen LogP contribution in [0.15, 0.2) is 12.1 Å². The highest BCUT2D eigenvalue weighted by molar-refractivity contribution is 7.13. The number of alkyl halides is 1.